The number of carbonyl (C=O) groups is 2. The lowest BCUT2D eigenvalue weighted by Gasteiger charge is -2.17. The number of hydrogen-bond donors (Lipinski definition) is 1. The second-order valence-electron chi connectivity index (χ2n) is 6.59. The Morgan fingerprint density at radius 2 is 2.10 bits per heavy atom. The van der Waals surface area contributed by atoms with E-state index in [0.717, 1.165) is 17.0 Å². The van der Waals surface area contributed by atoms with Crippen molar-refractivity contribution in [1.29, 1.82) is 0 Å². The van der Waals surface area contributed by atoms with Gasteiger partial charge in [-0.1, -0.05) is 5.16 Å². The summed E-state index contributed by atoms with van der Waals surface area (Å²) in [5, 5.41) is 9.00. The van der Waals surface area contributed by atoms with Gasteiger partial charge in [-0.05, 0) is 44.0 Å². The van der Waals surface area contributed by atoms with Gasteiger partial charge in [0.05, 0.1) is 16.3 Å². The minimum absolute atomic E-state index is 0.00676. The second kappa shape index (κ2) is 8.56. The number of nitrogens with zero attached hydrogens (tertiary/aromatic N) is 2. The standard InChI is InChI=1S/C18H21N3O6S2/c1-11-15(12(2)27-20-11)9-28-10-18(23)26-8-17(22)21-6-5-13-7-14(29(19,24)25)3-4-16(13)21/h3-4,7H,5-6,8-10H2,1-2H3,(H2,19,24,25). The Kier molecular flexibility index (Phi) is 6.30. The highest BCUT2D eigenvalue weighted by molar-refractivity contribution is 7.99. The molecule has 0 fully saturated rings. The van der Waals surface area contributed by atoms with Gasteiger partial charge in [0.1, 0.15) is 5.76 Å². The molecule has 29 heavy (non-hydrogen) atoms. The molecular weight excluding hydrogens is 418 g/mol. The number of nitrogens with two attached hydrogens (primary N) is 1. The lowest BCUT2D eigenvalue weighted by molar-refractivity contribution is -0.145. The molecule has 9 nitrogen and oxygen atoms in total. The van der Waals surface area contributed by atoms with Crippen LogP contribution in [-0.4, -0.2) is 44.4 Å². The number of aryl methyl sites for hydroxylation is 2. The average molecular weight is 440 g/mol. The third-order valence-electron chi connectivity index (χ3n) is 4.58. The van der Waals surface area contributed by atoms with E-state index >= 15 is 0 Å². The number of anilines is 1. The Morgan fingerprint density at radius 3 is 2.76 bits per heavy atom. The highest BCUT2D eigenvalue weighted by Gasteiger charge is 2.26. The molecule has 1 aromatic carbocycles. The van der Waals surface area contributed by atoms with Crippen molar-refractivity contribution in [3.63, 3.8) is 0 Å². The molecule has 1 aliphatic heterocycles. The lowest BCUT2D eigenvalue weighted by atomic mass is 10.2. The van der Waals surface area contributed by atoms with E-state index in [0.29, 0.717) is 30.0 Å². The van der Waals surface area contributed by atoms with Gasteiger partial charge >= 0.3 is 5.97 Å². The summed E-state index contributed by atoms with van der Waals surface area (Å²) in [6.45, 7) is 3.66. The summed E-state index contributed by atoms with van der Waals surface area (Å²) in [6.07, 6.45) is 0.506. The van der Waals surface area contributed by atoms with Crippen molar-refractivity contribution in [3.8, 4) is 0 Å². The number of primary sulfonamides is 1. The summed E-state index contributed by atoms with van der Waals surface area (Å²) in [6, 6.07) is 4.37. The Balaban J connectivity index is 1.50. The van der Waals surface area contributed by atoms with E-state index < -0.39 is 16.0 Å². The molecule has 156 valence electrons. The first-order chi connectivity index (χ1) is 13.7. The van der Waals surface area contributed by atoms with E-state index in [4.69, 9.17) is 14.4 Å². The van der Waals surface area contributed by atoms with Gasteiger partial charge < -0.3 is 14.2 Å². The number of sulfonamides is 1. The largest absolute Gasteiger partial charge is 0.455 e. The Bertz CT molecular complexity index is 1030. The Labute approximate surface area is 172 Å². The summed E-state index contributed by atoms with van der Waals surface area (Å²) in [7, 11) is -3.80. The summed E-state index contributed by atoms with van der Waals surface area (Å²) in [5.74, 6) is 0.536. The number of esters is 1. The van der Waals surface area contributed by atoms with Crippen LogP contribution in [0.3, 0.4) is 0 Å². The first-order valence-electron chi connectivity index (χ1n) is 8.78. The molecule has 0 unspecified atom stereocenters. The summed E-state index contributed by atoms with van der Waals surface area (Å²) < 4.78 is 33.1. The second-order valence-corrected chi connectivity index (χ2v) is 9.13. The average Bonchev–Trinajstić information content (AvgIpc) is 3.23. The van der Waals surface area contributed by atoms with Crippen LogP contribution in [0.25, 0.3) is 0 Å². The van der Waals surface area contributed by atoms with Gasteiger partial charge in [-0.3, -0.25) is 9.59 Å². The number of hydrogen-bond acceptors (Lipinski definition) is 8. The number of aromatic nitrogens is 1. The van der Waals surface area contributed by atoms with E-state index in [1.165, 1.54) is 28.8 Å². The maximum atomic E-state index is 12.4. The van der Waals surface area contributed by atoms with Crippen LogP contribution in [-0.2, 0) is 36.5 Å². The van der Waals surface area contributed by atoms with Crippen molar-refractivity contribution in [3.05, 3.63) is 40.8 Å². The van der Waals surface area contributed by atoms with Crippen LogP contribution in [0.15, 0.2) is 27.6 Å². The van der Waals surface area contributed by atoms with Crippen molar-refractivity contribution >= 4 is 39.3 Å². The molecule has 2 aromatic rings. The van der Waals surface area contributed by atoms with Crippen LogP contribution < -0.4 is 10.0 Å². The lowest BCUT2D eigenvalue weighted by Crippen LogP contribution is -2.33. The fourth-order valence-electron chi connectivity index (χ4n) is 3.02. The van der Waals surface area contributed by atoms with Gasteiger partial charge in [-0.2, -0.15) is 0 Å². The topological polar surface area (TPSA) is 133 Å². The molecule has 2 heterocycles. The smallest absolute Gasteiger partial charge is 0.316 e. The molecule has 11 heteroatoms. The predicted octanol–water partition coefficient (Wildman–Crippen LogP) is 1.30. The van der Waals surface area contributed by atoms with E-state index in [1.807, 2.05) is 13.8 Å². The summed E-state index contributed by atoms with van der Waals surface area (Å²) in [4.78, 5) is 25.8. The zero-order valence-corrected chi connectivity index (χ0v) is 17.6. The zero-order chi connectivity index (χ0) is 21.2. The molecule has 3 rings (SSSR count). The van der Waals surface area contributed by atoms with E-state index in [-0.39, 0.29) is 23.2 Å². The number of carbonyl (C=O) groups excluding carboxylic acids is 2. The van der Waals surface area contributed by atoms with E-state index in [1.54, 1.807) is 6.07 Å². The van der Waals surface area contributed by atoms with Crippen LogP contribution in [0.1, 0.15) is 22.6 Å². The number of ether oxygens (including phenoxy) is 1. The monoisotopic (exact) mass is 439 g/mol. The molecule has 1 aromatic heterocycles. The van der Waals surface area contributed by atoms with E-state index in [2.05, 4.69) is 5.16 Å². The number of fused-ring (bicyclic) bond motifs is 1. The van der Waals surface area contributed by atoms with Gasteiger partial charge in [0.15, 0.2) is 6.61 Å². The van der Waals surface area contributed by atoms with Crippen molar-refractivity contribution in [2.75, 3.05) is 23.8 Å². The number of thioether (sulfide) groups is 1. The Morgan fingerprint density at radius 1 is 1.34 bits per heavy atom. The number of rotatable bonds is 7. The molecule has 0 spiro atoms. The van der Waals surface area contributed by atoms with Crippen molar-refractivity contribution in [2.45, 2.75) is 30.9 Å². The molecule has 1 aliphatic rings. The number of amides is 1. The third kappa shape index (κ3) is 4.98. The van der Waals surface area contributed by atoms with Gasteiger partial charge in [0, 0.05) is 23.5 Å². The van der Waals surface area contributed by atoms with Crippen LogP contribution >= 0.6 is 11.8 Å². The Hall–Kier alpha value is -2.37. The van der Waals surface area contributed by atoms with Crippen LogP contribution in [0.2, 0.25) is 0 Å². The summed E-state index contributed by atoms with van der Waals surface area (Å²) in [5.41, 5.74) is 3.06. The molecule has 0 bridgehead atoms. The fraction of sp³-hybridized carbons (Fsp3) is 0.389. The van der Waals surface area contributed by atoms with Crippen LogP contribution in [0, 0.1) is 13.8 Å². The zero-order valence-electron chi connectivity index (χ0n) is 16.0. The molecule has 1 amide bonds. The predicted molar refractivity (Wildman–Crippen MR) is 107 cm³/mol. The normalized spacial score (nSPS) is 13.4. The van der Waals surface area contributed by atoms with E-state index in [9.17, 15) is 18.0 Å². The maximum Gasteiger partial charge on any atom is 0.316 e. The van der Waals surface area contributed by atoms with Gasteiger partial charge in [-0.25, -0.2) is 13.6 Å². The minimum Gasteiger partial charge on any atom is -0.455 e. The van der Waals surface area contributed by atoms with Gasteiger partial charge in [-0.15, -0.1) is 11.8 Å². The third-order valence-corrected chi connectivity index (χ3v) is 6.42. The van der Waals surface area contributed by atoms with Crippen molar-refractivity contribution in [1.82, 2.24) is 5.16 Å². The summed E-state index contributed by atoms with van der Waals surface area (Å²) >= 11 is 1.36. The maximum absolute atomic E-state index is 12.4. The number of benzene rings is 1. The van der Waals surface area contributed by atoms with Gasteiger partial charge in [0.25, 0.3) is 5.91 Å². The van der Waals surface area contributed by atoms with Crippen molar-refractivity contribution in [2.24, 2.45) is 5.14 Å². The first-order valence-corrected chi connectivity index (χ1v) is 11.5. The van der Waals surface area contributed by atoms with Crippen LogP contribution in [0.5, 0.6) is 0 Å². The molecule has 2 N–H and O–H groups in total. The molecule has 0 atom stereocenters. The molecular formula is C18H21N3O6S2. The van der Waals surface area contributed by atoms with Crippen molar-refractivity contribution < 1.29 is 27.3 Å². The molecule has 0 saturated carbocycles. The fourth-order valence-corrected chi connectivity index (χ4v) is 4.55. The van der Waals surface area contributed by atoms with Crippen LogP contribution in [0.4, 0.5) is 5.69 Å². The highest BCUT2D eigenvalue weighted by atomic mass is 32.2. The minimum atomic E-state index is -3.80. The molecule has 0 saturated heterocycles. The molecule has 0 radical (unpaired) electrons. The highest BCUT2D eigenvalue weighted by Crippen LogP contribution is 2.30. The quantitative estimate of drug-likeness (QED) is 0.639. The SMILES string of the molecule is Cc1noc(C)c1CSCC(=O)OCC(=O)N1CCc2cc(S(N)(=O)=O)ccc21. The van der Waals surface area contributed by atoms with Gasteiger partial charge in [0.2, 0.25) is 10.0 Å². The first kappa shape index (κ1) is 21.3. The molecule has 0 aliphatic carbocycles.